The highest BCUT2D eigenvalue weighted by atomic mass is 32.2. The van der Waals surface area contributed by atoms with Crippen LogP contribution in [0.25, 0.3) is 0 Å². The molecule has 0 bridgehead atoms. The molecule has 114 valence electrons. The molecule has 5 heteroatoms. The summed E-state index contributed by atoms with van der Waals surface area (Å²) in [4.78, 5) is 24.4. The minimum absolute atomic E-state index is 0.000680. The molecule has 2 N–H and O–H groups in total. The van der Waals surface area contributed by atoms with Crippen LogP contribution in [-0.4, -0.2) is 23.2 Å². The highest BCUT2D eigenvalue weighted by Gasteiger charge is 2.50. The first-order valence-electron chi connectivity index (χ1n) is 6.99. The summed E-state index contributed by atoms with van der Waals surface area (Å²) in [5, 5.41) is 12.0. The molecule has 1 amide bonds. The molecule has 1 aliphatic rings. The van der Waals surface area contributed by atoms with E-state index < -0.39 is 12.0 Å². The van der Waals surface area contributed by atoms with Crippen molar-refractivity contribution in [2.45, 2.75) is 37.6 Å². The summed E-state index contributed by atoms with van der Waals surface area (Å²) in [7, 11) is 0. The third-order valence-corrected chi connectivity index (χ3v) is 4.79. The van der Waals surface area contributed by atoms with Crippen LogP contribution in [0.3, 0.4) is 0 Å². The summed E-state index contributed by atoms with van der Waals surface area (Å²) < 4.78 is 0. The van der Waals surface area contributed by atoms with Gasteiger partial charge in [-0.05, 0) is 35.8 Å². The van der Waals surface area contributed by atoms with E-state index in [-0.39, 0.29) is 23.7 Å². The van der Waals surface area contributed by atoms with Crippen LogP contribution in [0.15, 0.2) is 29.2 Å². The molecule has 21 heavy (non-hydrogen) atoms. The van der Waals surface area contributed by atoms with Gasteiger partial charge >= 0.3 is 5.97 Å². The van der Waals surface area contributed by atoms with Gasteiger partial charge in [0.2, 0.25) is 5.91 Å². The number of amides is 1. The van der Waals surface area contributed by atoms with Crippen molar-refractivity contribution < 1.29 is 14.7 Å². The summed E-state index contributed by atoms with van der Waals surface area (Å²) in [6, 6.07) is 7.20. The first-order valence-corrected chi connectivity index (χ1v) is 8.22. The number of thioether (sulfide) groups is 1. The molecular formula is C16H21NO3S. The van der Waals surface area contributed by atoms with Gasteiger partial charge in [-0.15, -0.1) is 11.8 Å². The van der Waals surface area contributed by atoms with E-state index in [2.05, 4.69) is 19.2 Å². The Morgan fingerprint density at radius 3 is 2.38 bits per heavy atom. The standard InChI is InChI=1S/C16H21NO3S/c1-16(2)9-12(16)15(20)17-13(8-14(18)19)10-4-6-11(21-3)7-5-10/h4-7,12-13H,8-9H2,1-3H3,(H,17,20)(H,18,19). The Bertz CT molecular complexity index is 539. The maximum absolute atomic E-state index is 12.2. The van der Waals surface area contributed by atoms with Crippen molar-refractivity contribution in [2.24, 2.45) is 11.3 Å². The van der Waals surface area contributed by atoms with Crippen molar-refractivity contribution >= 4 is 23.6 Å². The average Bonchev–Trinajstić information content (AvgIpc) is 3.07. The monoisotopic (exact) mass is 307 g/mol. The quantitative estimate of drug-likeness (QED) is 0.793. The lowest BCUT2D eigenvalue weighted by molar-refractivity contribution is -0.137. The van der Waals surface area contributed by atoms with E-state index in [4.69, 9.17) is 5.11 Å². The summed E-state index contributed by atoms with van der Waals surface area (Å²) in [6.07, 6.45) is 2.75. The van der Waals surface area contributed by atoms with E-state index in [9.17, 15) is 9.59 Å². The van der Waals surface area contributed by atoms with Crippen LogP contribution in [-0.2, 0) is 9.59 Å². The Hall–Kier alpha value is -1.49. The highest BCUT2D eigenvalue weighted by Crippen LogP contribution is 2.51. The molecule has 2 unspecified atom stereocenters. The highest BCUT2D eigenvalue weighted by molar-refractivity contribution is 7.98. The SMILES string of the molecule is CSc1ccc(C(CC(=O)O)NC(=O)C2CC2(C)C)cc1. The van der Waals surface area contributed by atoms with E-state index >= 15 is 0 Å². The molecule has 1 aromatic rings. The number of benzene rings is 1. The molecule has 0 aliphatic heterocycles. The second-order valence-electron chi connectivity index (χ2n) is 6.18. The molecule has 4 nitrogen and oxygen atoms in total. The van der Waals surface area contributed by atoms with Crippen LogP contribution in [0.2, 0.25) is 0 Å². The zero-order valence-corrected chi connectivity index (χ0v) is 13.4. The number of hydrogen-bond acceptors (Lipinski definition) is 3. The van der Waals surface area contributed by atoms with Crippen LogP contribution in [0.4, 0.5) is 0 Å². The molecule has 1 fully saturated rings. The zero-order valence-electron chi connectivity index (χ0n) is 12.6. The van der Waals surface area contributed by atoms with Gasteiger partial charge in [-0.2, -0.15) is 0 Å². The second kappa shape index (κ2) is 6.10. The molecule has 2 atom stereocenters. The van der Waals surface area contributed by atoms with Gasteiger partial charge in [0.25, 0.3) is 0 Å². The van der Waals surface area contributed by atoms with Gasteiger partial charge in [0.15, 0.2) is 0 Å². The van der Waals surface area contributed by atoms with Crippen LogP contribution >= 0.6 is 11.8 Å². The van der Waals surface area contributed by atoms with Crippen molar-refractivity contribution in [1.82, 2.24) is 5.32 Å². The van der Waals surface area contributed by atoms with Gasteiger partial charge in [0, 0.05) is 10.8 Å². The maximum Gasteiger partial charge on any atom is 0.305 e. The summed E-state index contributed by atoms with van der Waals surface area (Å²) in [5.41, 5.74) is 0.877. The van der Waals surface area contributed by atoms with E-state index in [0.717, 1.165) is 16.9 Å². The molecule has 0 heterocycles. The largest absolute Gasteiger partial charge is 0.481 e. The van der Waals surface area contributed by atoms with Crippen molar-refractivity contribution in [3.8, 4) is 0 Å². The third kappa shape index (κ3) is 4.00. The smallest absolute Gasteiger partial charge is 0.305 e. The second-order valence-corrected chi connectivity index (χ2v) is 7.06. The van der Waals surface area contributed by atoms with E-state index in [1.165, 1.54) is 0 Å². The predicted octanol–water partition coefficient (Wildman–Crippen LogP) is 3.09. The maximum atomic E-state index is 12.2. The number of carbonyl (C=O) groups excluding carboxylic acids is 1. The van der Waals surface area contributed by atoms with Crippen molar-refractivity contribution in [3.63, 3.8) is 0 Å². The lowest BCUT2D eigenvalue weighted by Crippen LogP contribution is -2.32. The number of nitrogens with one attached hydrogen (secondary N) is 1. The number of carboxylic acids is 1. The molecule has 1 aliphatic carbocycles. The molecule has 0 aromatic heterocycles. The normalized spacial score (nSPS) is 20.6. The molecule has 0 spiro atoms. The lowest BCUT2D eigenvalue weighted by Gasteiger charge is -2.18. The molecule has 2 rings (SSSR count). The Labute approximate surface area is 129 Å². The van der Waals surface area contributed by atoms with Gasteiger partial charge in [-0.3, -0.25) is 9.59 Å². The fraction of sp³-hybridized carbons (Fsp3) is 0.500. The Morgan fingerprint density at radius 1 is 1.38 bits per heavy atom. The first kappa shape index (κ1) is 15.9. The van der Waals surface area contributed by atoms with E-state index in [0.29, 0.717) is 0 Å². The summed E-state index contributed by atoms with van der Waals surface area (Å²) in [6.45, 7) is 4.10. The first-order chi connectivity index (χ1) is 9.83. The van der Waals surface area contributed by atoms with Crippen molar-refractivity contribution in [2.75, 3.05) is 6.26 Å². The fourth-order valence-corrected chi connectivity index (χ4v) is 2.86. The Morgan fingerprint density at radius 2 is 1.95 bits per heavy atom. The summed E-state index contributed by atoms with van der Waals surface area (Å²) >= 11 is 1.63. The lowest BCUT2D eigenvalue weighted by atomic mass is 10.0. The Kier molecular flexibility index (Phi) is 4.61. The predicted molar refractivity (Wildman–Crippen MR) is 83.2 cm³/mol. The number of carboxylic acid groups (broad SMARTS) is 1. The van der Waals surface area contributed by atoms with Crippen LogP contribution in [0.1, 0.15) is 38.3 Å². The fourth-order valence-electron chi connectivity index (χ4n) is 2.45. The number of rotatable bonds is 6. The molecular weight excluding hydrogens is 286 g/mol. The van der Waals surface area contributed by atoms with Gasteiger partial charge in [0.1, 0.15) is 0 Å². The van der Waals surface area contributed by atoms with Gasteiger partial charge < -0.3 is 10.4 Å². The number of aliphatic carboxylic acids is 1. The van der Waals surface area contributed by atoms with Gasteiger partial charge in [-0.25, -0.2) is 0 Å². The van der Waals surface area contributed by atoms with Crippen molar-refractivity contribution in [3.05, 3.63) is 29.8 Å². The topological polar surface area (TPSA) is 66.4 Å². The van der Waals surface area contributed by atoms with Crippen LogP contribution in [0.5, 0.6) is 0 Å². The molecule has 0 saturated heterocycles. The van der Waals surface area contributed by atoms with Gasteiger partial charge in [-0.1, -0.05) is 26.0 Å². The van der Waals surface area contributed by atoms with E-state index in [1.807, 2.05) is 30.5 Å². The van der Waals surface area contributed by atoms with E-state index in [1.54, 1.807) is 11.8 Å². The zero-order chi connectivity index (χ0) is 15.6. The number of carbonyl (C=O) groups is 2. The minimum Gasteiger partial charge on any atom is -0.481 e. The number of hydrogen-bond donors (Lipinski definition) is 2. The van der Waals surface area contributed by atoms with Crippen LogP contribution in [0, 0.1) is 11.3 Å². The van der Waals surface area contributed by atoms with Crippen LogP contribution < -0.4 is 5.32 Å². The van der Waals surface area contributed by atoms with Gasteiger partial charge in [0.05, 0.1) is 12.5 Å². The summed E-state index contributed by atoms with van der Waals surface area (Å²) in [5.74, 6) is -0.955. The molecule has 1 saturated carbocycles. The Balaban J connectivity index is 2.10. The average molecular weight is 307 g/mol. The third-order valence-electron chi connectivity index (χ3n) is 4.04. The minimum atomic E-state index is -0.913. The van der Waals surface area contributed by atoms with Crippen molar-refractivity contribution in [1.29, 1.82) is 0 Å². The molecule has 1 aromatic carbocycles. The molecule has 0 radical (unpaired) electrons.